The Kier molecular flexibility index (Phi) is 4.72. The van der Waals surface area contributed by atoms with E-state index in [1.165, 1.54) is 0 Å². The maximum absolute atomic E-state index is 13.1. The van der Waals surface area contributed by atoms with Crippen LogP contribution in [0.25, 0.3) is 11.4 Å². The first-order chi connectivity index (χ1) is 13.0. The molecule has 1 amide bonds. The Labute approximate surface area is 159 Å². The maximum atomic E-state index is 13.1. The standard InChI is InChI=1S/C20H27N5O2/c1-4-16(24(2)3)18(26)25-12-15-8-5-9-20(15,13-25)19-22-17(23-27-19)14-7-6-10-21-11-14/h6-7,10-11,15-16H,4-5,8-9,12-13H2,1-3H3/t15-,16?,20-/m1/s1. The molecule has 1 saturated heterocycles. The molecular formula is C20H27N5O2. The second kappa shape index (κ2) is 7.03. The predicted octanol–water partition coefficient (Wildman–Crippen LogP) is 2.35. The van der Waals surface area contributed by atoms with Crippen LogP contribution < -0.4 is 0 Å². The molecule has 0 spiro atoms. The number of carbonyl (C=O) groups excluding carboxylic acids is 1. The number of nitrogens with zero attached hydrogens (tertiary/aromatic N) is 5. The first kappa shape index (κ1) is 18.1. The summed E-state index contributed by atoms with van der Waals surface area (Å²) in [5.74, 6) is 1.85. The van der Waals surface area contributed by atoms with Gasteiger partial charge < -0.3 is 9.42 Å². The summed E-state index contributed by atoms with van der Waals surface area (Å²) < 4.78 is 5.73. The third-order valence-electron chi connectivity index (χ3n) is 6.25. The number of fused-ring (bicyclic) bond motifs is 1. The van der Waals surface area contributed by atoms with Gasteiger partial charge in [0.15, 0.2) is 0 Å². The zero-order chi connectivity index (χ0) is 19.0. The van der Waals surface area contributed by atoms with Crippen molar-refractivity contribution < 1.29 is 9.32 Å². The third kappa shape index (κ3) is 3.04. The normalized spacial score (nSPS) is 25.8. The van der Waals surface area contributed by atoms with Crippen LogP contribution in [0.15, 0.2) is 29.0 Å². The highest BCUT2D eigenvalue weighted by molar-refractivity contribution is 5.82. The van der Waals surface area contributed by atoms with E-state index < -0.39 is 0 Å². The lowest BCUT2D eigenvalue weighted by molar-refractivity contribution is -0.135. The van der Waals surface area contributed by atoms with E-state index in [1.54, 1.807) is 12.4 Å². The van der Waals surface area contributed by atoms with Gasteiger partial charge in [-0.05, 0) is 51.4 Å². The van der Waals surface area contributed by atoms with Gasteiger partial charge in [0.05, 0.1) is 11.5 Å². The van der Waals surface area contributed by atoms with E-state index in [4.69, 9.17) is 9.51 Å². The lowest BCUT2D eigenvalue weighted by Gasteiger charge is -2.29. The fraction of sp³-hybridized carbons (Fsp3) is 0.600. The molecule has 2 aromatic rings. The molecule has 27 heavy (non-hydrogen) atoms. The minimum absolute atomic E-state index is 0.0745. The minimum Gasteiger partial charge on any atom is -0.340 e. The number of hydrogen-bond acceptors (Lipinski definition) is 6. The Morgan fingerprint density at radius 1 is 1.48 bits per heavy atom. The third-order valence-corrected chi connectivity index (χ3v) is 6.25. The molecule has 1 saturated carbocycles. The highest BCUT2D eigenvalue weighted by Gasteiger charge is 2.55. The van der Waals surface area contributed by atoms with Crippen LogP contribution in [0.1, 0.15) is 38.5 Å². The molecule has 0 bridgehead atoms. The lowest BCUT2D eigenvalue weighted by Crippen LogP contribution is -2.46. The molecule has 2 aliphatic rings. The Morgan fingerprint density at radius 3 is 3.04 bits per heavy atom. The molecule has 0 N–H and O–H groups in total. The van der Waals surface area contributed by atoms with E-state index in [0.717, 1.165) is 37.8 Å². The predicted molar refractivity (Wildman–Crippen MR) is 101 cm³/mol. The van der Waals surface area contributed by atoms with Crippen molar-refractivity contribution >= 4 is 5.91 Å². The zero-order valence-corrected chi connectivity index (χ0v) is 16.3. The van der Waals surface area contributed by atoms with E-state index in [9.17, 15) is 4.79 Å². The van der Waals surface area contributed by atoms with Crippen molar-refractivity contribution in [1.82, 2.24) is 24.9 Å². The quantitative estimate of drug-likeness (QED) is 0.805. The molecule has 2 fully saturated rings. The number of carbonyl (C=O) groups is 1. The van der Waals surface area contributed by atoms with Crippen molar-refractivity contribution in [2.75, 3.05) is 27.2 Å². The van der Waals surface area contributed by atoms with Gasteiger partial charge in [0.1, 0.15) is 0 Å². The number of rotatable bonds is 5. The lowest BCUT2D eigenvalue weighted by atomic mass is 9.80. The fourth-order valence-corrected chi connectivity index (χ4v) is 4.82. The smallest absolute Gasteiger partial charge is 0.239 e. The van der Waals surface area contributed by atoms with Crippen LogP contribution >= 0.6 is 0 Å². The summed E-state index contributed by atoms with van der Waals surface area (Å²) in [6, 6.07) is 3.72. The molecule has 7 nitrogen and oxygen atoms in total. The van der Waals surface area contributed by atoms with Crippen molar-refractivity contribution in [2.24, 2.45) is 5.92 Å². The highest BCUT2D eigenvalue weighted by atomic mass is 16.5. The van der Waals surface area contributed by atoms with E-state index in [0.29, 0.717) is 24.2 Å². The van der Waals surface area contributed by atoms with Gasteiger partial charge in [-0.25, -0.2) is 0 Å². The van der Waals surface area contributed by atoms with Crippen LogP contribution in [-0.4, -0.2) is 64.1 Å². The summed E-state index contributed by atoms with van der Waals surface area (Å²) in [5, 5.41) is 4.20. The molecule has 0 aromatic carbocycles. The maximum Gasteiger partial charge on any atom is 0.239 e. The van der Waals surface area contributed by atoms with Gasteiger partial charge in [0.2, 0.25) is 17.6 Å². The summed E-state index contributed by atoms with van der Waals surface area (Å²) in [6.45, 7) is 3.52. The second-order valence-electron chi connectivity index (χ2n) is 8.02. The molecule has 1 aliphatic carbocycles. The van der Waals surface area contributed by atoms with Crippen molar-refractivity contribution in [1.29, 1.82) is 0 Å². The molecule has 7 heteroatoms. The largest absolute Gasteiger partial charge is 0.340 e. The SMILES string of the molecule is CCC(C(=O)N1C[C@H]2CCC[C@@]2(c2nc(-c3cccnc3)no2)C1)N(C)C. The van der Waals surface area contributed by atoms with Crippen molar-refractivity contribution in [2.45, 2.75) is 44.1 Å². The van der Waals surface area contributed by atoms with Gasteiger partial charge in [-0.15, -0.1) is 0 Å². The van der Waals surface area contributed by atoms with Gasteiger partial charge in [0.25, 0.3) is 0 Å². The van der Waals surface area contributed by atoms with Crippen molar-refractivity contribution in [3.63, 3.8) is 0 Å². The van der Waals surface area contributed by atoms with Crippen LogP contribution in [0, 0.1) is 5.92 Å². The zero-order valence-electron chi connectivity index (χ0n) is 16.3. The first-order valence-electron chi connectivity index (χ1n) is 9.75. The molecule has 0 radical (unpaired) electrons. The summed E-state index contributed by atoms with van der Waals surface area (Å²) >= 11 is 0. The number of hydrogen-bond donors (Lipinski definition) is 0. The van der Waals surface area contributed by atoms with Crippen LogP contribution in [0.4, 0.5) is 0 Å². The van der Waals surface area contributed by atoms with Crippen molar-refractivity contribution in [3.05, 3.63) is 30.4 Å². The molecule has 3 atom stereocenters. The fourth-order valence-electron chi connectivity index (χ4n) is 4.82. The van der Waals surface area contributed by atoms with Crippen LogP contribution in [0.2, 0.25) is 0 Å². The molecule has 4 rings (SSSR count). The van der Waals surface area contributed by atoms with Crippen LogP contribution in [0.5, 0.6) is 0 Å². The Bertz CT molecular complexity index is 806. The van der Waals surface area contributed by atoms with Crippen molar-refractivity contribution in [3.8, 4) is 11.4 Å². The van der Waals surface area contributed by atoms with Gasteiger partial charge >= 0.3 is 0 Å². The number of likely N-dealkylation sites (tertiary alicyclic amines) is 1. The van der Waals surface area contributed by atoms with Gasteiger partial charge in [-0.3, -0.25) is 14.7 Å². The van der Waals surface area contributed by atoms with E-state index in [2.05, 4.69) is 17.1 Å². The molecular weight excluding hydrogens is 342 g/mol. The van der Waals surface area contributed by atoms with Crippen LogP contribution in [-0.2, 0) is 10.2 Å². The molecule has 2 aromatic heterocycles. The Hall–Kier alpha value is -2.28. The summed E-state index contributed by atoms with van der Waals surface area (Å²) in [6.07, 6.45) is 7.52. The summed E-state index contributed by atoms with van der Waals surface area (Å²) in [7, 11) is 3.94. The number of pyridine rings is 1. The van der Waals surface area contributed by atoms with Crippen LogP contribution in [0.3, 0.4) is 0 Å². The first-order valence-corrected chi connectivity index (χ1v) is 9.75. The monoisotopic (exact) mass is 369 g/mol. The van der Waals surface area contributed by atoms with Gasteiger partial charge in [-0.2, -0.15) is 4.98 Å². The number of amides is 1. The van der Waals surface area contributed by atoms with E-state index in [-0.39, 0.29) is 17.4 Å². The Balaban J connectivity index is 1.60. The second-order valence-corrected chi connectivity index (χ2v) is 8.02. The average molecular weight is 369 g/mol. The Morgan fingerprint density at radius 2 is 2.33 bits per heavy atom. The molecule has 144 valence electrons. The van der Waals surface area contributed by atoms with E-state index >= 15 is 0 Å². The highest BCUT2D eigenvalue weighted by Crippen LogP contribution is 2.50. The molecule has 1 aliphatic heterocycles. The number of likely N-dealkylation sites (N-methyl/N-ethyl adjacent to an activating group) is 1. The summed E-state index contributed by atoms with van der Waals surface area (Å²) in [5.41, 5.74) is 0.649. The topological polar surface area (TPSA) is 75.4 Å². The average Bonchev–Trinajstić information content (AvgIpc) is 3.36. The summed E-state index contributed by atoms with van der Waals surface area (Å²) in [4.78, 5) is 25.9. The molecule has 3 heterocycles. The number of aromatic nitrogens is 3. The minimum atomic E-state index is -0.201. The molecule has 1 unspecified atom stereocenters. The van der Waals surface area contributed by atoms with E-state index in [1.807, 2.05) is 36.0 Å². The van der Waals surface area contributed by atoms with Gasteiger partial charge in [0, 0.05) is 31.0 Å². The van der Waals surface area contributed by atoms with Gasteiger partial charge in [-0.1, -0.05) is 18.5 Å².